The van der Waals surface area contributed by atoms with Crippen molar-refractivity contribution in [1.29, 1.82) is 0 Å². The standard InChI is InChI=1S/C11H10Cl2N2O4/c12-7-1-5(3-14-9(7)13)10(17)15-4-6(16)2-8(15)11(18)19/h1,3,6,8,16H,2,4H2,(H,18,19)/t6-,8+/m1/s1. The Hall–Kier alpha value is -1.37. The molecule has 0 spiro atoms. The molecule has 19 heavy (non-hydrogen) atoms. The lowest BCUT2D eigenvalue weighted by Gasteiger charge is -2.21. The van der Waals surface area contributed by atoms with E-state index in [0.29, 0.717) is 0 Å². The van der Waals surface area contributed by atoms with Gasteiger partial charge in [0.25, 0.3) is 5.91 Å². The maximum Gasteiger partial charge on any atom is 0.326 e. The van der Waals surface area contributed by atoms with Crippen molar-refractivity contribution in [1.82, 2.24) is 9.88 Å². The largest absolute Gasteiger partial charge is 0.480 e. The summed E-state index contributed by atoms with van der Waals surface area (Å²) < 4.78 is 0. The second kappa shape index (κ2) is 5.32. The predicted molar refractivity (Wildman–Crippen MR) is 67.3 cm³/mol. The van der Waals surface area contributed by atoms with Gasteiger partial charge in [-0.15, -0.1) is 0 Å². The van der Waals surface area contributed by atoms with Crippen LogP contribution in [0.4, 0.5) is 0 Å². The molecule has 6 nitrogen and oxygen atoms in total. The lowest BCUT2D eigenvalue weighted by Crippen LogP contribution is -2.40. The zero-order chi connectivity index (χ0) is 14.2. The molecular weight excluding hydrogens is 295 g/mol. The van der Waals surface area contributed by atoms with Gasteiger partial charge in [-0.2, -0.15) is 0 Å². The highest BCUT2D eigenvalue weighted by Gasteiger charge is 2.39. The van der Waals surface area contributed by atoms with Gasteiger partial charge in [0.15, 0.2) is 0 Å². The fourth-order valence-electron chi connectivity index (χ4n) is 1.98. The van der Waals surface area contributed by atoms with Gasteiger partial charge in [0, 0.05) is 19.2 Å². The highest BCUT2D eigenvalue weighted by Crippen LogP contribution is 2.24. The molecular formula is C11H10Cl2N2O4. The van der Waals surface area contributed by atoms with E-state index in [1.165, 1.54) is 12.3 Å². The number of hydrogen-bond donors (Lipinski definition) is 2. The van der Waals surface area contributed by atoms with Gasteiger partial charge >= 0.3 is 5.97 Å². The molecule has 0 aromatic carbocycles. The fourth-order valence-corrected chi connectivity index (χ4v) is 2.25. The summed E-state index contributed by atoms with van der Waals surface area (Å²) >= 11 is 11.4. The Kier molecular flexibility index (Phi) is 3.93. The van der Waals surface area contributed by atoms with Gasteiger partial charge in [-0.05, 0) is 6.07 Å². The number of carbonyl (C=O) groups excluding carboxylic acids is 1. The van der Waals surface area contributed by atoms with E-state index in [-0.39, 0.29) is 28.7 Å². The minimum absolute atomic E-state index is 0.00975. The number of likely N-dealkylation sites (tertiary alicyclic amines) is 1. The van der Waals surface area contributed by atoms with Crippen molar-refractivity contribution in [2.45, 2.75) is 18.6 Å². The maximum absolute atomic E-state index is 12.2. The molecule has 0 bridgehead atoms. The number of halogens is 2. The molecule has 2 heterocycles. The lowest BCUT2D eigenvalue weighted by molar-refractivity contribution is -0.141. The number of amides is 1. The molecule has 1 amide bonds. The molecule has 0 aliphatic carbocycles. The van der Waals surface area contributed by atoms with E-state index in [0.717, 1.165) is 4.90 Å². The van der Waals surface area contributed by atoms with Crippen LogP contribution in [0.1, 0.15) is 16.8 Å². The third-order valence-electron chi connectivity index (χ3n) is 2.87. The monoisotopic (exact) mass is 304 g/mol. The molecule has 1 fully saturated rings. The summed E-state index contributed by atoms with van der Waals surface area (Å²) in [6, 6.07) is 0.278. The van der Waals surface area contributed by atoms with Crippen LogP contribution in [0.5, 0.6) is 0 Å². The first-order valence-corrected chi connectivity index (χ1v) is 6.18. The second-order valence-corrected chi connectivity index (χ2v) is 4.96. The van der Waals surface area contributed by atoms with Crippen molar-refractivity contribution in [3.8, 4) is 0 Å². The average Bonchev–Trinajstić information content (AvgIpc) is 2.74. The predicted octanol–water partition coefficient (Wildman–Crippen LogP) is 1.05. The van der Waals surface area contributed by atoms with Crippen molar-refractivity contribution >= 4 is 35.1 Å². The number of hydrogen-bond acceptors (Lipinski definition) is 4. The Morgan fingerprint density at radius 3 is 2.68 bits per heavy atom. The van der Waals surface area contributed by atoms with Crippen LogP contribution in [0, 0.1) is 0 Å². The van der Waals surface area contributed by atoms with E-state index in [1.807, 2.05) is 0 Å². The lowest BCUT2D eigenvalue weighted by atomic mass is 10.2. The molecule has 102 valence electrons. The normalized spacial score (nSPS) is 22.6. The summed E-state index contributed by atoms with van der Waals surface area (Å²) in [5.41, 5.74) is 0.134. The SMILES string of the molecule is O=C(O)[C@@H]1C[C@@H](O)CN1C(=O)c1cnc(Cl)c(Cl)c1. The van der Waals surface area contributed by atoms with E-state index >= 15 is 0 Å². The van der Waals surface area contributed by atoms with Gasteiger partial charge in [-0.25, -0.2) is 9.78 Å². The Bertz CT molecular complexity index is 537. The quantitative estimate of drug-likeness (QED) is 0.797. The number of carbonyl (C=O) groups is 2. The second-order valence-electron chi connectivity index (χ2n) is 4.20. The number of aliphatic hydroxyl groups excluding tert-OH is 1. The average molecular weight is 305 g/mol. The zero-order valence-electron chi connectivity index (χ0n) is 9.58. The smallest absolute Gasteiger partial charge is 0.326 e. The van der Waals surface area contributed by atoms with Crippen LogP contribution < -0.4 is 0 Å². The third-order valence-corrected chi connectivity index (χ3v) is 3.55. The summed E-state index contributed by atoms with van der Waals surface area (Å²) in [5, 5.41) is 18.7. The Labute approximate surface area is 118 Å². The Morgan fingerprint density at radius 2 is 2.11 bits per heavy atom. The van der Waals surface area contributed by atoms with E-state index < -0.39 is 24.0 Å². The van der Waals surface area contributed by atoms with Crippen molar-refractivity contribution in [2.24, 2.45) is 0 Å². The third kappa shape index (κ3) is 2.80. The van der Waals surface area contributed by atoms with Gasteiger partial charge < -0.3 is 15.1 Å². The van der Waals surface area contributed by atoms with Gasteiger partial charge in [0.1, 0.15) is 11.2 Å². The molecule has 1 aliphatic rings. The van der Waals surface area contributed by atoms with Crippen LogP contribution >= 0.6 is 23.2 Å². The summed E-state index contributed by atoms with van der Waals surface area (Å²) in [6.07, 6.45) is 0.386. The molecule has 1 aromatic heterocycles. The highest BCUT2D eigenvalue weighted by molar-refractivity contribution is 6.41. The molecule has 1 saturated heterocycles. The maximum atomic E-state index is 12.2. The van der Waals surface area contributed by atoms with Crippen molar-refractivity contribution in [3.63, 3.8) is 0 Å². The molecule has 1 aliphatic heterocycles. The van der Waals surface area contributed by atoms with Gasteiger partial charge in [0.05, 0.1) is 16.7 Å². The zero-order valence-corrected chi connectivity index (χ0v) is 11.1. The molecule has 2 N–H and O–H groups in total. The number of rotatable bonds is 2. The van der Waals surface area contributed by atoms with Crippen LogP contribution in [-0.2, 0) is 4.79 Å². The van der Waals surface area contributed by atoms with Crippen molar-refractivity contribution in [2.75, 3.05) is 6.54 Å². The Balaban J connectivity index is 2.27. The fraction of sp³-hybridized carbons (Fsp3) is 0.364. The number of carboxylic acid groups (broad SMARTS) is 1. The van der Waals surface area contributed by atoms with E-state index in [1.54, 1.807) is 0 Å². The first-order valence-electron chi connectivity index (χ1n) is 5.43. The minimum atomic E-state index is -1.15. The topological polar surface area (TPSA) is 90.7 Å². The van der Waals surface area contributed by atoms with E-state index in [2.05, 4.69) is 4.98 Å². The molecule has 1 aromatic rings. The summed E-state index contributed by atoms with van der Waals surface area (Å²) in [7, 11) is 0. The summed E-state index contributed by atoms with van der Waals surface area (Å²) in [5.74, 6) is -1.70. The number of carboxylic acids is 1. The van der Waals surface area contributed by atoms with Crippen LogP contribution in [0.15, 0.2) is 12.3 Å². The number of aromatic nitrogens is 1. The minimum Gasteiger partial charge on any atom is -0.480 e. The van der Waals surface area contributed by atoms with Crippen LogP contribution in [-0.4, -0.2) is 50.7 Å². The van der Waals surface area contributed by atoms with E-state index in [4.69, 9.17) is 28.3 Å². The molecule has 2 atom stereocenters. The van der Waals surface area contributed by atoms with Crippen molar-refractivity contribution < 1.29 is 19.8 Å². The van der Waals surface area contributed by atoms with Crippen LogP contribution in [0.2, 0.25) is 10.2 Å². The van der Waals surface area contributed by atoms with Crippen LogP contribution in [0.25, 0.3) is 0 Å². The summed E-state index contributed by atoms with van der Waals surface area (Å²) in [4.78, 5) is 28.1. The van der Waals surface area contributed by atoms with E-state index in [9.17, 15) is 14.7 Å². The molecule has 8 heteroatoms. The Morgan fingerprint density at radius 1 is 1.42 bits per heavy atom. The first-order chi connectivity index (χ1) is 8.90. The van der Waals surface area contributed by atoms with Crippen LogP contribution in [0.3, 0.4) is 0 Å². The molecule has 0 radical (unpaired) electrons. The number of β-amino-alcohol motifs (C(OH)–C–C–N with tert-alkyl or cyclic N) is 1. The number of aliphatic carboxylic acids is 1. The summed E-state index contributed by atoms with van der Waals surface area (Å²) in [6.45, 7) is -0.0317. The first kappa shape index (κ1) is 14.0. The van der Waals surface area contributed by atoms with Gasteiger partial charge in [-0.3, -0.25) is 4.79 Å². The van der Waals surface area contributed by atoms with Crippen molar-refractivity contribution in [3.05, 3.63) is 28.0 Å². The number of aliphatic hydroxyl groups is 1. The van der Waals surface area contributed by atoms with Gasteiger partial charge in [-0.1, -0.05) is 23.2 Å². The molecule has 2 rings (SSSR count). The number of nitrogens with zero attached hydrogens (tertiary/aromatic N) is 2. The molecule has 0 saturated carbocycles. The number of pyridine rings is 1. The highest BCUT2D eigenvalue weighted by atomic mass is 35.5. The molecule has 0 unspecified atom stereocenters. The van der Waals surface area contributed by atoms with Gasteiger partial charge in [0.2, 0.25) is 0 Å².